The summed E-state index contributed by atoms with van der Waals surface area (Å²) in [6.45, 7) is 10.2. The first-order valence-electron chi connectivity index (χ1n) is 3.68. The molecule has 0 aliphatic carbocycles. The predicted molar refractivity (Wildman–Crippen MR) is 44.0 cm³/mol. The molecule has 0 aromatic carbocycles. The van der Waals surface area contributed by atoms with Gasteiger partial charge in [-0.2, -0.15) is 0 Å². The van der Waals surface area contributed by atoms with E-state index in [-0.39, 0.29) is 0 Å². The van der Waals surface area contributed by atoms with E-state index >= 15 is 0 Å². The fourth-order valence-electron chi connectivity index (χ4n) is 0.614. The zero-order valence-electron chi connectivity index (χ0n) is 6.79. The van der Waals surface area contributed by atoms with Gasteiger partial charge in [-0.25, -0.2) is 0 Å². The van der Waals surface area contributed by atoms with Gasteiger partial charge in [0.05, 0.1) is 12.5 Å². The summed E-state index contributed by atoms with van der Waals surface area (Å²) in [4.78, 5) is 0. The number of hydrogen-bond donors (Lipinski definition) is 1. The molecular formula is C8H16NO2+. The molecule has 0 radical (unpaired) electrons. The molecule has 3 nitrogen and oxygen atoms in total. The van der Waals surface area contributed by atoms with Crippen LogP contribution in [0.3, 0.4) is 0 Å². The summed E-state index contributed by atoms with van der Waals surface area (Å²) in [5, 5.41) is 2.12. The highest BCUT2D eigenvalue weighted by atomic mass is 16.5. The molecule has 0 aliphatic rings. The zero-order valence-corrected chi connectivity index (χ0v) is 6.79. The van der Waals surface area contributed by atoms with Crippen LogP contribution >= 0.6 is 0 Å². The molecule has 0 aromatic rings. The molecule has 0 atom stereocenters. The smallest absolute Gasteiger partial charge is 0.136 e. The predicted octanol–water partition coefficient (Wildman–Crippen LogP) is -0.130. The topological polar surface area (TPSA) is 35.1 Å². The summed E-state index contributed by atoms with van der Waals surface area (Å²) in [6, 6.07) is 0. The Morgan fingerprint density at radius 3 is 1.82 bits per heavy atom. The third-order valence-corrected chi connectivity index (χ3v) is 1.12. The van der Waals surface area contributed by atoms with Crippen molar-refractivity contribution in [2.75, 3.05) is 26.3 Å². The molecule has 2 N–H and O–H groups in total. The molecule has 11 heavy (non-hydrogen) atoms. The van der Waals surface area contributed by atoms with E-state index in [2.05, 4.69) is 18.5 Å². The second-order valence-electron chi connectivity index (χ2n) is 1.94. The van der Waals surface area contributed by atoms with Gasteiger partial charge in [0.25, 0.3) is 0 Å². The average molecular weight is 158 g/mol. The highest BCUT2D eigenvalue weighted by Gasteiger charge is 1.88. The van der Waals surface area contributed by atoms with Crippen molar-refractivity contribution in [3.05, 3.63) is 25.7 Å². The van der Waals surface area contributed by atoms with Crippen molar-refractivity contribution >= 4 is 0 Å². The van der Waals surface area contributed by atoms with Gasteiger partial charge in [0, 0.05) is 0 Å². The van der Waals surface area contributed by atoms with Crippen LogP contribution in [0, 0.1) is 0 Å². The standard InChI is InChI=1S/C8H15NO2/c1-3-10-7-5-9-6-8-11-4-2/h3-4,9H,1-2,5-8H2/p+1. The number of hydrogen-bond acceptors (Lipinski definition) is 2. The summed E-state index contributed by atoms with van der Waals surface area (Å²) in [7, 11) is 0. The van der Waals surface area contributed by atoms with Crippen LogP contribution in [0.2, 0.25) is 0 Å². The van der Waals surface area contributed by atoms with Crippen LogP contribution in [0.25, 0.3) is 0 Å². The van der Waals surface area contributed by atoms with E-state index in [1.165, 1.54) is 12.5 Å². The first kappa shape index (κ1) is 10.0. The third-order valence-electron chi connectivity index (χ3n) is 1.12. The van der Waals surface area contributed by atoms with E-state index in [9.17, 15) is 0 Å². The molecule has 0 unspecified atom stereocenters. The molecule has 0 spiro atoms. The van der Waals surface area contributed by atoms with Gasteiger partial charge in [-0.05, 0) is 0 Å². The monoisotopic (exact) mass is 158 g/mol. The summed E-state index contributed by atoms with van der Waals surface area (Å²) in [5.41, 5.74) is 0. The van der Waals surface area contributed by atoms with Crippen LogP contribution in [0.15, 0.2) is 25.7 Å². The van der Waals surface area contributed by atoms with Crippen LogP contribution in [0.5, 0.6) is 0 Å². The van der Waals surface area contributed by atoms with E-state index in [1.54, 1.807) is 0 Å². The van der Waals surface area contributed by atoms with Gasteiger partial charge < -0.3 is 14.8 Å². The second kappa shape index (κ2) is 9.04. The quantitative estimate of drug-likeness (QED) is 0.394. The summed E-state index contributed by atoms with van der Waals surface area (Å²) >= 11 is 0. The van der Waals surface area contributed by atoms with E-state index in [1.807, 2.05) is 0 Å². The Bertz CT molecular complexity index is 92.3. The van der Waals surface area contributed by atoms with Gasteiger partial charge in [-0.1, -0.05) is 13.2 Å². The molecule has 64 valence electrons. The van der Waals surface area contributed by atoms with Gasteiger partial charge in [-0.3, -0.25) is 0 Å². The van der Waals surface area contributed by atoms with E-state index in [4.69, 9.17) is 9.47 Å². The molecule has 0 saturated carbocycles. The molecule has 0 amide bonds. The van der Waals surface area contributed by atoms with Crippen molar-refractivity contribution in [1.29, 1.82) is 0 Å². The zero-order chi connectivity index (χ0) is 8.36. The largest absolute Gasteiger partial charge is 0.496 e. The maximum atomic E-state index is 4.91. The van der Waals surface area contributed by atoms with Crippen molar-refractivity contribution < 1.29 is 14.8 Å². The molecule has 0 saturated heterocycles. The Hall–Kier alpha value is -0.960. The second-order valence-corrected chi connectivity index (χ2v) is 1.94. The molecule has 0 rings (SSSR count). The lowest BCUT2D eigenvalue weighted by Gasteiger charge is -2.00. The fourth-order valence-corrected chi connectivity index (χ4v) is 0.614. The van der Waals surface area contributed by atoms with Crippen molar-refractivity contribution in [1.82, 2.24) is 0 Å². The lowest BCUT2D eigenvalue weighted by molar-refractivity contribution is -0.656. The molecule has 0 heterocycles. The van der Waals surface area contributed by atoms with E-state index < -0.39 is 0 Å². The van der Waals surface area contributed by atoms with Crippen molar-refractivity contribution in [3.63, 3.8) is 0 Å². The Balaban J connectivity index is 2.79. The number of rotatable bonds is 8. The first-order chi connectivity index (χ1) is 5.41. The highest BCUT2D eigenvalue weighted by Crippen LogP contribution is 1.68. The number of ether oxygens (including phenoxy) is 2. The summed E-state index contributed by atoms with van der Waals surface area (Å²) in [5.74, 6) is 0. The van der Waals surface area contributed by atoms with Crippen LogP contribution < -0.4 is 5.32 Å². The van der Waals surface area contributed by atoms with Gasteiger partial charge in [0.15, 0.2) is 0 Å². The van der Waals surface area contributed by atoms with Crippen LogP contribution in [-0.2, 0) is 9.47 Å². The van der Waals surface area contributed by atoms with E-state index in [0.717, 1.165) is 13.1 Å². The Labute approximate surface area is 67.7 Å². The lowest BCUT2D eigenvalue weighted by Crippen LogP contribution is -2.86. The highest BCUT2D eigenvalue weighted by molar-refractivity contribution is 4.48. The average Bonchev–Trinajstić information content (AvgIpc) is 2.03. The minimum atomic E-state index is 0.706. The van der Waals surface area contributed by atoms with Crippen molar-refractivity contribution in [2.45, 2.75) is 0 Å². The number of quaternary nitrogens is 1. The minimum Gasteiger partial charge on any atom is -0.496 e. The van der Waals surface area contributed by atoms with Gasteiger partial charge in [0.1, 0.15) is 26.3 Å². The summed E-state index contributed by atoms with van der Waals surface area (Å²) < 4.78 is 9.82. The Morgan fingerprint density at radius 1 is 1.00 bits per heavy atom. The molecule has 0 aliphatic heterocycles. The third kappa shape index (κ3) is 9.04. The molecule has 3 heteroatoms. The van der Waals surface area contributed by atoms with Crippen LogP contribution in [-0.4, -0.2) is 26.3 Å². The molecule has 0 aromatic heterocycles. The van der Waals surface area contributed by atoms with Gasteiger partial charge in [0.2, 0.25) is 0 Å². The van der Waals surface area contributed by atoms with Crippen LogP contribution in [0.1, 0.15) is 0 Å². The van der Waals surface area contributed by atoms with Crippen LogP contribution in [0.4, 0.5) is 0 Å². The van der Waals surface area contributed by atoms with E-state index in [0.29, 0.717) is 13.2 Å². The van der Waals surface area contributed by atoms with Crippen molar-refractivity contribution in [3.8, 4) is 0 Å². The van der Waals surface area contributed by atoms with Crippen molar-refractivity contribution in [2.24, 2.45) is 0 Å². The van der Waals surface area contributed by atoms with Gasteiger partial charge in [-0.15, -0.1) is 0 Å². The Morgan fingerprint density at radius 2 is 1.45 bits per heavy atom. The lowest BCUT2D eigenvalue weighted by atomic mass is 10.6. The molecule has 0 fully saturated rings. The fraction of sp³-hybridized carbons (Fsp3) is 0.500. The molecule has 0 bridgehead atoms. The minimum absolute atomic E-state index is 0.706. The maximum Gasteiger partial charge on any atom is 0.136 e. The van der Waals surface area contributed by atoms with Gasteiger partial charge >= 0.3 is 0 Å². The molecular weight excluding hydrogens is 142 g/mol. The maximum absolute atomic E-state index is 4.91. The number of nitrogens with two attached hydrogens (primary N) is 1. The normalized spacial score (nSPS) is 8.73. The SMILES string of the molecule is C=COCC[NH2+]CCOC=C. The Kier molecular flexibility index (Phi) is 8.25. The summed E-state index contributed by atoms with van der Waals surface area (Å²) in [6.07, 6.45) is 2.90. The first-order valence-corrected chi connectivity index (χ1v) is 3.68.